The Morgan fingerprint density at radius 3 is 2.70 bits per heavy atom. The first-order valence-electron chi connectivity index (χ1n) is 7.79. The first-order chi connectivity index (χ1) is 12.6. The van der Waals surface area contributed by atoms with Crippen molar-refractivity contribution in [2.45, 2.75) is 4.90 Å². The van der Waals surface area contributed by atoms with Crippen molar-refractivity contribution in [1.82, 2.24) is 9.97 Å². The third kappa shape index (κ3) is 5.13. The van der Waals surface area contributed by atoms with Gasteiger partial charge >= 0.3 is 0 Å². The Morgan fingerprint density at radius 2 is 2.00 bits per heavy atom. The second-order valence-corrected chi connectivity index (χ2v) is 6.91. The van der Waals surface area contributed by atoms with Crippen LogP contribution in [-0.4, -0.2) is 36.5 Å². The number of nitrogens with zero attached hydrogens (tertiary/aromatic N) is 2. The highest BCUT2D eigenvalue weighted by Gasteiger charge is 2.12. The lowest BCUT2D eigenvalue weighted by molar-refractivity contribution is 0.218. The molecule has 1 N–H and O–H groups in total. The Kier molecular flexibility index (Phi) is 7.91. The summed E-state index contributed by atoms with van der Waals surface area (Å²) in [6, 6.07) is 8.21. The molecule has 0 unspecified atom stereocenters. The Hall–Kier alpha value is -1.80. The highest BCUT2D eigenvalue weighted by Crippen LogP contribution is 2.35. The van der Waals surface area contributed by atoms with Crippen molar-refractivity contribution in [3.05, 3.63) is 47.5 Å². The number of hydrogen-bond donors (Lipinski definition) is 1. The Balaban J connectivity index is 0.00000261. The molecule has 9 heteroatoms. The van der Waals surface area contributed by atoms with Crippen LogP contribution in [0.25, 0.3) is 10.9 Å². The highest BCUT2D eigenvalue weighted by atomic mass is 35.5. The summed E-state index contributed by atoms with van der Waals surface area (Å²) in [4.78, 5) is 9.52. The van der Waals surface area contributed by atoms with Crippen LogP contribution in [0.15, 0.2) is 41.6 Å². The number of fused-ring (bicyclic) bond motifs is 1. The number of thioether (sulfide) groups is 1. The molecular weight excluding hydrogens is 412 g/mol. The number of nitrogens with one attached hydrogen (secondary N) is 1. The van der Waals surface area contributed by atoms with Crippen LogP contribution in [0.5, 0.6) is 5.75 Å². The van der Waals surface area contributed by atoms with Crippen LogP contribution in [0.1, 0.15) is 0 Å². The van der Waals surface area contributed by atoms with Crippen molar-refractivity contribution < 1.29 is 13.9 Å². The smallest absolute Gasteiger partial charge is 0.148 e. The molecular formula is C18H18Cl2FN3O2S. The monoisotopic (exact) mass is 429 g/mol. The van der Waals surface area contributed by atoms with Gasteiger partial charge in [-0.1, -0.05) is 11.6 Å². The van der Waals surface area contributed by atoms with Crippen LogP contribution in [0.2, 0.25) is 5.02 Å². The SMILES string of the molecule is COCCSc1cc2ncnc(Nc3ccc(Cl)cc3F)c2cc1OC.Cl. The molecule has 3 aromatic rings. The van der Waals surface area contributed by atoms with Crippen LogP contribution in [0, 0.1) is 5.82 Å². The molecule has 1 aromatic heterocycles. The Labute approximate surface area is 172 Å². The van der Waals surface area contributed by atoms with E-state index in [2.05, 4.69) is 15.3 Å². The van der Waals surface area contributed by atoms with Gasteiger partial charge in [-0.15, -0.1) is 24.2 Å². The quantitative estimate of drug-likeness (QED) is 0.404. The molecule has 0 aliphatic rings. The van der Waals surface area contributed by atoms with Crippen LogP contribution < -0.4 is 10.1 Å². The molecule has 0 aliphatic carbocycles. The lowest BCUT2D eigenvalue weighted by Gasteiger charge is -2.13. The molecule has 0 bridgehead atoms. The molecule has 0 amide bonds. The Bertz CT molecular complexity index is 930. The molecule has 5 nitrogen and oxygen atoms in total. The second-order valence-electron chi connectivity index (χ2n) is 5.33. The number of hydrogen-bond acceptors (Lipinski definition) is 6. The summed E-state index contributed by atoms with van der Waals surface area (Å²) in [5.74, 6) is 1.53. The van der Waals surface area contributed by atoms with Gasteiger partial charge in [-0.2, -0.15) is 0 Å². The zero-order valence-corrected chi connectivity index (χ0v) is 17.1. The predicted molar refractivity (Wildman–Crippen MR) is 111 cm³/mol. The topological polar surface area (TPSA) is 56.3 Å². The van der Waals surface area contributed by atoms with Gasteiger partial charge in [-0.25, -0.2) is 14.4 Å². The summed E-state index contributed by atoms with van der Waals surface area (Å²) >= 11 is 7.42. The summed E-state index contributed by atoms with van der Waals surface area (Å²) in [5.41, 5.74) is 1.02. The summed E-state index contributed by atoms with van der Waals surface area (Å²) in [7, 11) is 3.27. The lowest BCUT2D eigenvalue weighted by Crippen LogP contribution is -1.99. The molecule has 2 aromatic carbocycles. The van der Waals surface area contributed by atoms with Crippen LogP contribution >= 0.6 is 35.8 Å². The van der Waals surface area contributed by atoms with E-state index in [9.17, 15) is 4.39 Å². The van der Waals surface area contributed by atoms with Crippen LogP contribution in [-0.2, 0) is 4.74 Å². The first-order valence-corrected chi connectivity index (χ1v) is 9.15. The van der Waals surface area contributed by atoms with Crippen LogP contribution in [0.3, 0.4) is 0 Å². The number of aromatic nitrogens is 2. The lowest BCUT2D eigenvalue weighted by atomic mass is 10.2. The molecule has 0 saturated heterocycles. The maximum absolute atomic E-state index is 14.1. The van der Waals surface area contributed by atoms with Crippen molar-refractivity contribution in [3.63, 3.8) is 0 Å². The normalized spacial score (nSPS) is 10.5. The molecule has 0 atom stereocenters. The molecule has 0 fully saturated rings. The van der Waals surface area contributed by atoms with Gasteiger partial charge in [0.05, 0.1) is 29.8 Å². The zero-order chi connectivity index (χ0) is 18.5. The summed E-state index contributed by atoms with van der Waals surface area (Å²) in [5, 5.41) is 4.06. The van der Waals surface area contributed by atoms with Gasteiger partial charge in [-0.3, -0.25) is 0 Å². The average molecular weight is 430 g/mol. The van der Waals surface area contributed by atoms with E-state index in [1.165, 1.54) is 12.4 Å². The van der Waals surface area contributed by atoms with E-state index < -0.39 is 5.82 Å². The van der Waals surface area contributed by atoms with Gasteiger partial charge in [0.2, 0.25) is 0 Å². The van der Waals surface area contributed by atoms with E-state index in [1.807, 2.05) is 12.1 Å². The standard InChI is InChI=1S/C18H17ClFN3O2S.ClH/c1-24-5-6-26-17-9-15-12(8-16(17)25-2)18(22-10-21-15)23-14-4-3-11(19)7-13(14)20;/h3-4,7-10H,5-6H2,1-2H3,(H,21,22,23);1H. The average Bonchev–Trinajstić information content (AvgIpc) is 2.64. The van der Waals surface area contributed by atoms with Crippen molar-refractivity contribution in [1.29, 1.82) is 0 Å². The van der Waals surface area contributed by atoms with Crippen molar-refractivity contribution in [3.8, 4) is 5.75 Å². The van der Waals surface area contributed by atoms with Gasteiger partial charge < -0.3 is 14.8 Å². The highest BCUT2D eigenvalue weighted by molar-refractivity contribution is 7.99. The van der Waals surface area contributed by atoms with Gasteiger partial charge in [-0.05, 0) is 30.3 Å². The van der Waals surface area contributed by atoms with Crippen molar-refractivity contribution in [2.24, 2.45) is 0 Å². The predicted octanol–water partition coefficient (Wildman–Crippen LogP) is 5.33. The molecule has 0 radical (unpaired) electrons. The van der Waals surface area contributed by atoms with E-state index in [-0.39, 0.29) is 18.1 Å². The van der Waals surface area contributed by atoms with E-state index in [0.717, 1.165) is 21.6 Å². The molecule has 0 saturated carbocycles. The largest absolute Gasteiger partial charge is 0.496 e. The fraction of sp³-hybridized carbons (Fsp3) is 0.222. The van der Waals surface area contributed by atoms with Crippen molar-refractivity contribution in [2.75, 3.05) is 31.9 Å². The first kappa shape index (κ1) is 21.5. The number of methoxy groups -OCH3 is 2. The van der Waals surface area contributed by atoms with Gasteiger partial charge in [0.1, 0.15) is 23.7 Å². The summed E-state index contributed by atoms with van der Waals surface area (Å²) < 4.78 is 24.7. The fourth-order valence-corrected chi connectivity index (χ4v) is 3.50. The molecule has 144 valence electrons. The van der Waals surface area contributed by atoms with Gasteiger partial charge in [0.15, 0.2) is 0 Å². The van der Waals surface area contributed by atoms with E-state index in [4.69, 9.17) is 21.1 Å². The number of benzene rings is 2. The molecule has 1 heterocycles. The molecule has 0 spiro atoms. The second kappa shape index (κ2) is 9.94. The van der Waals surface area contributed by atoms with E-state index in [1.54, 1.807) is 38.1 Å². The summed E-state index contributed by atoms with van der Waals surface area (Å²) in [6.45, 7) is 0.637. The maximum atomic E-state index is 14.1. The summed E-state index contributed by atoms with van der Waals surface area (Å²) in [6.07, 6.45) is 1.44. The van der Waals surface area contributed by atoms with E-state index in [0.29, 0.717) is 23.2 Å². The number of ether oxygens (including phenoxy) is 2. The maximum Gasteiger partial charge on any atom is 0.148 e. The molecule has 3 rings (SSSR count). The number of halogens is 3. The van der Waals surface area contributed by atoms with Gasteiger partial charge in [0.25, 0.3) is 0 Å². The third-order valence-electron chi connectivity index (χ3n) is 3.65. The van der Waals surface area contributed by atoms with Crippen LogP contribution in [0.4, 0.5) is 15.9 Å². The zero-order valence-electron chi connectivity index (χ0n) is 14.7. The van der Waals surface area contributed by atoms with E-state index >= 15 is 0 Å². The minimum absolute atomic E-state index is 0. The number of anilines is 2. The fourth-order valence-electron chi connectivity index (χ4n) is 2.39. The van der Waals surface area contributed by atoms with Gasteiger partial charge in [0, 0.05) is 23.3 Å². The number of rotatable bonds is 7. The minimum Gasteiger partial charge on any atom is -0.496 e. The third-order valence-corrected chi connectivity index (χ3v) is 4.89. The van der Waals surface area contributed by atoms with Crippen molar-refractivity contribution >= 4 is 58.2 Å². The molecule has 0 aliphatic heterocycles. The molecule has 27 heavy (non-hydrogen) atoms. The Morgan fingerprint density at radius 1 is 1.19 bits per heavy atom. The minimum atomic E-state index is -0.456.